The monoisotopic (exact) mass is 329 g/mol. The number of aromatic amines is 1. The van der Waals surface area contributed by atoms with Crippen LogP contribution in [0.15, 0.2) is 66.7 Å². The van der Waals surface area contributed by atoms with Crippen molar-refractivity contribution in [3.8, 4) is 0 Å². The highest BCUT2D eigenvalue weighted by molar-refractivity contribution is 5.85. The van der Waals surface area contributed by atoms with Gasteiger partial charge in [0.1, 0.15) is 5.82 Å². The number of H-pyrrole nitrogens is 1. The van der Waals surface area contributed by atoms with Crippen molar-refractivity contribution < 1.29 is 4.79 Å². The molecule has 2 N–H and O–H groups in total. The number of para-hydroxylation sites is 2. The zero-order valence-electron chi connectivity index (χ0n) is 13.8. The van der Waals surface area contributed by atoms with E-state index in [0.29, 0.717) is 19.4 Å². The van der Waals surface area contributed by atoms with Gasteiger partial charge in [-0.2, -0.15) is 0 Å². The number of carbonyl (C=O) groups excluding carboxylic acids is 1. The number of hydrogen-bond donors (Lipinski definition) is 2. The summed E-state index contributed by atoms with van der Waals surface area (Å²) in [5.41, 5.74) is 3.01. The molecule has 4 rings (SSSR count). The maximum absolute atomic E-state index is 12.2. The summed E-state index contributed by atoms with van der Waals surface area (Å²) in [7, 11) is 0. The van der Waals surface area contributed by atoms with E-state index in [2.05, 4.69) is 39.6 Å². The molecule has 0 saturated carbocycles. The van der Waals surface area contributed by atoms with E-state index in [-0.39, 0.29) is 5.91 Å². The molecule has 4 aromatic rings. The van der Waals surface area contributed by atoms with E-state index < -0.39 is 0 Å². The predicted octanol–water partition coefficient (Wildman–Crippen LogP) is 3.62. The number of amides is 1. The minimum atomic E-state index is 0.0337. The zero-order valence-corrected chi connectivity index (χ0v) is 13.8. The Morgan fingerprint density at radius 3 is 2.64 bits per heavy atom. The normalized spacial score (nSPS) is 11.0. The van der Waals surface area contributed by atoms with Crippen LogP contribution < -0.4 is 5.32 Å². The molecule has 1 heterocycles. The first-order chi connectivity index (χ1) is 12.3. The fourth-order valence-corrected chi connectivity index (χ4v) is 3.04. The Kier molecular flexibility index (Phi) is 4.17. The number of imidazole rings is 1. The Hall–Kier alpha value is -3.14. The Labute approximate surface area is 145 Å². The lowest BCUT2D eigenvalue weighted by atomic mass is 10.0. The molecule has 4 nitrogen and oxygen atoms in total. The molecule has 25 heavy (non-hydrogen) atoms. The van der Waals surface area contributed by atoms with Gasteiger partial charge in [-0.15, -0.1) is 0 Å². The highest BCUT2D eigenvalue weighted by atomic mass is 16.1. The van der Waals surface area contributed by atoms with Crippen molar-refractivity contribution in [3.63, 3.8) is 0 Å². The molecule has 0 radical (unpaired) electrons. The molecule has 0 aliphatic heterocycles. The van der Waals surface area contributed by atoms with E-state index in [9.17, 15) is 4.79 Å². The molecule has 1 amide bonds. The SMILES string of the molecule is O=C(Cc1ccc2ccccc2c1)NCCc1nc2ccccc2[nH]1. The van der Waals surface area contributed by atoms with Crippen LogP contribution in [0.1, 0.15) is 11.4 Å². The summed E-state index contributed by atoms with van der Waals surface area (Å²) in [5.74, 6) is 0.929. The summed E-state index contributed by atoms with van der Waals surface area (Å²) < 4.78 is 0. The van der Waals surface area contributed by atoms with Gasteiger partial charge in [0.05, 0.1) is 17.5 Å². The van der Waals surface area contributed by atoms with Gasteiger partial charge in [0.15, 0.2) is 0 Å². The van der Waals surface area contributed by atoms with Gasteiger partial charge in [-0.1, -0.05) is 54.6 Å². The minimum absolute atomic E-state index is 0.0337. The Bertz CT molecular complexity index is 1000. The molecule has 0 spiro atoms. The lowest BCUT2D eigenvalue weighted by Crippen LogP contribution is -2.27. The van der Waals surface area contributed by atoms with Crippen LogP contribution in [0.5, 0.6) is 0 Å². The van der Waals surface area contributed by atoms with Crippen molar-refractivity contribution in [2.45, 2.75) is 12.8 Å². The molecule has 0 atom stereocenters. The molecule has 3 aromatic carbocycles. The zero-order chi connectivity index (χ0) is 17.1. The number of fused-ring (bicyclic) bond motifs is 2. The number of carbonyl (C=O) groups is 1. The van der Waals surface area contributed by atoms with Gasteiger partial charge < -0.3 is 10.3 Å². The fraction of sp³-hybridized carbons (Fsp3) is 0.143. The minimum Gasteiger partial charge on any atom is -0.355 e. The van der Waals surface area contributed by atoms with E-state index in [1.807, 2.05) is 42.5 Å². The van der Waals surface area contributed by atoms with E-state index >= 15 is 0 Å². The third-order valence-electron chi connectivity index (χ3n) is 4.30. The Morgan fingerprint density at radius 2 is 1.76 bits per heavy atom. The predicted molar refractivity (Wildman–Crippen MR) is 100 cm³/mol. The molecule has 1 aromatic heterocycles. The van der Waals surface area contributed by atoms with Gasteiger partial charge in [0.25, 0.3) is 0 Å². The van der Waals surface area contributed by atoms with Gasteiger partial charge in [0, 0.05) is 13.0 Å². The summed E-state index contributed by atoms with van der Waals surface area (Å²) in [4.78, 5) is 20.0. The number of benzene rings is 3. The summed E-state index contributed by atoms with van der Waals surface area (Å²) in [6.07, 6.45) is 1.09. The van der Waals surface area contributed by atoms with E-state index in [1.54, 1.807) is 0 Å². The number of nitrogens with one attached hydrogen (secondary N) is 2. The van der Waals surface area contributed by atoms with Crippen molar-refractivity contribution >= 4 is 27.7 Å². The van der Waals surface area contributed by atoms with Crippen LogP contribution in [0.2, 0.25) is 0 Å². The summed E-state index contributed by atoms with van der Waals surface area (Å²) in [6.45, 7) is 0.576. The molecule has 0 saturated heterocycles. The largest absolute Gasteiger partial charge is 0.355 e. The fourth-order valence-electron chi connectivity index (χ4n) is 3.04. The van der Waals surface area contributed by atoms with Crippen molar-refractivity contribution in [1.29, 1.82) is 0 Å². The molecule has 4 heteroatoms. The first-order valence-corrected chi connectivity index (χ1v) is 8.46. The number of rotatable bonds is 5. The lowest BCUT2D eigenvalue weighted by Gasteiger charge is -2.05. The molecule has 0 aliphatic carbocycles. The van der Waals surface area contributed by atoms with Crippen molar-refractivity contribution in [2.24, 2.45) is 0 Å². The van der Waals surface area contributed by atoms with Gasteiger partial charge in [-0.05, 0) is 28.5 Å². The first kappa shape index (κ1) is 15.4. The van der Waals surface area contributed by atoms with Gasteiger partial charge in [-0.3, -0.25) is 4.79 Å². The third-order valence-corrected chi connectivity index (χ3v) is 4.30. The quantitative estimate of drug-likeness (QED) is 0.587. The van der Waals surface area contributed by atoms with Crippen molar-refractivity contribution in [2.75, 3.05) is 6.54 Å². The number of aromatic nitrogens is 2. The maximum Gasteiger partial charge on any atom is 0.224 e. The molecule has 0 fully saturated rings. The first-order valence-electron chi connectivity index (χ1n) is 8.46. The van der Waals surface area contributed by atoms with Crippen LogP contribution in [0.25, 0.3) is 21.8 Å². The van der Waals surface area contributed by atoms with Crippen LogP contribution in [0.4, 0.5) is 0 Å². The Morgan fingerprint density at radius 1 is 0.960 bits per heavy atom. The molecule has 0 bridgehead atoms. The number of nitrogens with zero attached hydrogens (tertiary/aromatic N) is 1. The van der Waals surface area contributed by atoms with Gasteiger partial charge in [-0.25, -0.2) is 4.98 Å². The number of hydrogen-bond acceptors (Lipinski definition) is 2. The maximum atomic E-state index is 12.2. The van der Waals surface area contributed by atoms with Gasteiger partial charge in [0.2, 0.25) is 5.91 Å². The highest BCUT2D eigenvalue weighted by Crippen LogP contribution is 2.16. The van der Waals surface area contributed by atoms with Gasteiger partial charge >= 0.3 is 0 Å². The van der Waals surface area contributed by atoms with E-state index in [1.165, 1.54) is 5.39 Å². The standard InChI is InChI=1S/C21H19N3O/c25-21(14-15-9-10-16-5-1-2-6-17(16)13-15)22-12-11-20-23-18-7-3-4-8-19(18)24-20/h1-10,13H,11-12,14H2,(H,22,25)(H,23,24). The Balaban J connectivity index is 1.33. The summed E-state index contributed by atoms with van der Waals surface area (Å²) in [5, 5.41) is 5.33. The van der Waals surface area contributed by atoms with Crippen molar-refractivity contribution in [1.82, 2.24) is 15.3 Å². The smallest absolute Gasteiger partial charge is 0.224 e. The second-order valence-corrected chi connectivity index (χ2v) is 6.16. The average molecular weight is 329 g/mol. The molecule has 0 unspecified atom stereocenters. The topological polar surface area (TPSA) is 57.8 Å². The van der Waals surface area contributed by atoms with Crippen LogP contribution in [0, 0.1) is 0 Å². The average Bonchev–Trinajstić information content (AvgIpc) is 3.04. The molecule has 0 aliphatic rings. The van der Waals surface area contributed by atoms with E-state index in [4.69, 9.17) is 0 Å². The second-order valence-electron chi connectivity index (χ2n) is 6.16. The lowest BCUT2D eigenvalue weighted by molar-refractivity contribution is -0.120. The van der Waals surface area contributed by atoms with Crippen molar-refractivity contribution in [3.05, 3.63) is 78.1 Å². The molecule has 124 valence electrons. The summed E-state index contributed by atoms with van der Waals surface area (Å²) in [6, 6.07) is 22.3. The highest BCUT2D eigenvalue weighted by Gasteiger charge is 2.06. The second kappa shape index (κ2) is 6.77. The molecular weight excluding hydrogens is 310 g/mol. The summed E-state index contributed by atoms with van der Waals surface area (Å²) >= 11 is 0. The van der Waals surface area contributed by atoms with Crippen LogP contribution in [0.3, 0.4) is 0 Å². The van der Waals surface area contributed by atoms with Crippen LogP contribution in [-0.4, -0.2) is 22.4 Å². The van der Waals surface area contributed by atoms with Crippen LogP contribution >= 0.6 is 0 Å². The molecular formula is C21H19N3O. The van der Waals surface area contributed by atoms with Crippen LogP contribution in [-0.2, 0) is 17.6 Å². The van der Waals surface area contributed by atoms with E-state index in [0.717, 1.165) is 27.8 Å². The third kappa shape index (κ3) is 3.53.